The lowest BCUT2D eigenvalue weighted by atomic mass is 10.2. The van der Waals surface area contributed by atoms with Crippen LogP contribution in [0, 0.1) is 6.92 Å². The number of pyridine rings is 2. The highest BCUT2D eigenvalue weighted by atomic mass is 32.1. The molecule has 5 nitrogen and oxygen atoms in total. The van der Waals surface area contributed by atoms with E-state index in [9.17, 15) is 0 Å². The molecule has 0 unspecified atom stereocenters. The van der Waals surface area contributed by atoms with Gasteiger partial charge in [-0.15, -0.1) is 11.3 Å². The van der Waals surface area contributed by atoms with Gasteiger partial charge in [0.15, 0.2) is 0 Å². The van der Waals surface area contributed by atoms with Crippen LogP contribution in [-0.4, -0.2) is 19.9 Å². The maximum absolute atomic E-state index is 4.75. The Morgan fingerprint density at radius 2 is 1.60 bits per heavy atom. The van der Waals surface area contributed by atoms with Crippen LogP contribution in [0.4, 0.5) is 5.82 Å². The lowest BCUT2D eigenvalue weighted by Crippen LogP contribution is -2.24. The van der Waals surface area contributed by atoms with Crippen LogP contribution in [0.15, 0.2) is 60.5 Å². The molecule has 0 saturated heterocycles. The van der Waals surface area contributed by atoms with Crippen LogP contribution in [0.2, 0.25) is 0 Å². The smallest absolute Gasteiger partial charge is 0.141 e. The number of aromatic nitrogens is 4. The molecule has 0 aromatic carbocycles. The van der Waals surface area contributed by atoms with Crippen molar-refractivity contribution in [3.05, 3.63) is 77.5 Å². The van der Waals surface area contributed by atoms with Gasteiger partial charge in [0.05, 0.1) is 5.39 Å². The summed E-state index contributed by atoms with van der Waals surface area (Å²) in [5.41, 5.74) is 2.29. The molecule has 0 amide bonds. The topological polar surface area (TPSA) is 54.8 Å². The van der Waals surface area contributed by atoms with Crippen molar-refractivity contribution in [2.45, 2.75) is 20.0 Å². The SMILES string of the molecule is Cc1nc(N(Cc2cccnc2)Cc2cccnc2)c2ccsc2n1. The molecule has 0 spiro atoms. The first-order valence-corrected chi connectivity index (χ1v) is 8.92. The zero-order valence-electron chi connectivity index (χ0n) is 13.8. The molecule has 0 aliphatic heterocycles. The first kappa shape index (κ1) is 15.7. The predicted octanol–water partition coefficient (Wildman–Crippen LogP) is 4.00. The van der Waals surface area contributed by atoms with Crippen LogP contribution in [-0.2, 0) is 13.1 Å². The summed E-state index contributed by atoms with van der Waals surface area (Å²) in [4.78, 5) is 21.1. The van der Waals surface area contributed by atoms with Gasteiger partial charge in [-0.2, -0.15) is 0 Å². The molecule has 6 heteroatoms. The molecule has 0 N–H and O–H groups in total. The van der Waals surface area contributed by atoms with E-state index in [2.05, 4.69) is 43.4 Å². The van der Waals surface area contributed by atoms with Crippen molar-refractivity contribution in [1.82, 2.24) is 19.9 Å². The normalized spacial score (nSPS) is 10.9. The average molecular weight is 347 g/mol. The molecule has 124 valence electrons. The highest BCUT2D eigenvalue weighted by Crippen LogP contribution is 2.29. The van der Waals surface area contributed by atoms with Crippen LogP contribution in [0.5, 0.6) is 0 Å². The van der Waals surface area contributed by atoms with Crippen LogP contribution < -0.4 is 4.90 Å². The second-order valence-corrected chi connectivity index (χ2v) is 6.71. The molecule has 0 radical (unpaired) electrons. The molecular weight excluding hydrogens is 330 g/mol. The van der Waals surface area contributed by atoms with E-state index < -0.39 is 0 Å². The Morgan fingerprint density at radius 3 is 2.20 bits per heavy atom. The fourth-order valence-electron chi connectivity index (χ4n) is 2.81. The first-order valence-electron chi connectivity index (χ1n) is 8.04. The van der Waals surface area contributed by atoms with Crippen LogP contribution in [0.3, 0.4) is 0 Å². The van der Waals surface area contributed by atoms with Gasteiger partial charge in [-0.05, 0) is 41.6 Å². The highest BCUT2D eigenvalue weighted by molar-refractivity contribution is 7.16. The zero-order valence-corrected chi connectivity index (χ0v) is 14.6. The van der Waals surface area contributed by atoms with Crippen molar-refractivity contribution in [3.63, 3.8) is 0 Å². The van der Waals surface area contributed by atoms with Crippen molar-refractivity contribution in [2.24, 2.45) is 0 Å². The Morgan fingerprint density at radius 1 is 0.920 bits per heavy atom. The molecule has 4 aromatic rings. The Bertz CT molecular complexity index is 927. The summed E-state index contributed by atoms with van der Waals surface area (Å²) < 4.78 is 0. The third kappa shape index (κ3) is 3.49. The van der Waals surface area contributed by atoms with E-state index >= 15 is 0 Å². The maximum Gasteiger partial charge on any atom is 0.141 e. The highest BCUT2D eigenvalue weighted by Gasteiger charge is 2.16. The number of hydrogen-bond donors (Lipinski definition) is 0. The second-order valence-electron chi connectivity index (χ2n) is 5.81. The zero-order chi connectivity index (χ0) is 17.1. The fraction of sp³-hybridized carbons (Fsp3) is 0.158. The van der Waals surface area contributed by atoms with Crippen molar-refractivity contribution in [3.8, 4) is 0 Å². The number of thiophene rings is 1. The van der Waals surface area contributed by atoms with Crippen molar-refractivity contribution in [1.29, 1.82) is 0 Å². The fourth-order valence-corrected chi connectivity index (χ4v) is 3.62. The largest absolute Gasteiger partial charge is 0.347 e. The van der Waals surface area contributed by atoms with Crippen LogP contribution in [0.25, 0.3) is 10.2 Å². The molecule has 0 fully saturated rings. The Labute approximate surface area is 150 Å². The number of hydrogen-bond acceptors (Lipinski definition) is 6. The monoisotopic (exact) mass is 347 g/mol. The standard InChI is InChI=1S/C19H17N5S/c1-14-22-18(17-6-9-25-19(17)23-14)24(12-15-4-2-7-20-10-15)13-16-5-3-8-21-11-16/h2-11H,12-13H2,1H3. The number of anilines is 1. The third-order valence-corrected chi connectivity index (χ3v) is 4.72. The second kappa shape index (κ2) is 6.94. The van der Waals surface area contributed by atoms with E-state index in [1.807, 2.05) is 31.5 Å². The molecule has 0 saturated carbocycles. The quantitative estimate of drug-likeness (QED) is 0.546. The van der Waals surface area contributed by atoms with Gasteiger partial charge >= 0.3 is 0 Å². The van der Waals surface area contributed by atoms with Crippen LogP contribution >= 0.6 is 11.3 Å². The molecule has 4 aromatic heterocycles. The third-order valence-electron chi connectivity index (χ3n) is 3.91. The summed E-state index contributed by atoms with van der Waals surface area (Å²) in [6, 6.07) is 10.2. The molecule has 0 aliphatic carbocycles. The van der Waals surface area contributed by atoms with E-state index in [0.717, 1.165) is 46.1 Å². The van der Waals surface area contributed by atoms with Crippen molar-refractivity contribution >= 4 is 27.4 Å². The van der Waals surface area contributed by atoms with Gasteiger partial charge in [0.1, 0.15) is 16.5 Å². The van der Waals surface area contributed by atoms with Crippen LogP contribution in [0.1, 0.15) is 17.0 Å². The van der Waals surface area contributed by atoms with E-state index in [-0.39, 0.29) is 0 Å². The van der Waals surface area contributed by atoms with E-state index in [1.165, 1.54) is 0 Å². The minimum absolute atomic E-state index is 0.726. The van der Waals surface area contributed by atoms with Gasteiger partial charge < -0.3 is 4.90 Å². The summed E-state index contributed by atoms with van der Waals surface area (Å²) in [6.07, 6.45) is 7.38. The number of nitrogens with zero attached hydrogens (tertiary/aromatic N) is 5. The van der Waals surface area contributed by atoms with E-state index in [1.54, 1.807) is 23.7 Å². The summed E-state index contributed by atoms with van der Waals surface area (Å²) in [7, 11) is 0. The van der Waals surface area contributed by atoms with Gasteiger partial charge in [0.25, 0.3) is 0 Å². The minimum atomic E-state index is 0.726. The molecule has 4 rings (SSSR count). The van der Waals surface area contributed by atoms with Gasteiger partial charge in [0, 0.05) is 37.9 Å². The first-order chi connectivity index (χ1) is 12.3. The van der Waals surface area contributed by atoms with E-state index in [4.69, 9.17) is 4.98 Å². The van der Waals surface area contributed by atoms with Gasteiger partial charge in [-0.1, -0.05) is 12.1 Å². The molecule has 4 heterocycles. The van der Waals surface area contributed by atoms with Gasteiger partial charge in [-0.25, -0.2) is 9.97 Å². The lowest BCUT2D eigenvalue weighted by Gasteiger charge is -2.24. The minimum Gasteiger partial charge on any atom is -0.347 e. The Kier molecular flexibility index (Phi) is 4.35. The van der Waals surface area contributed by atoms with Crippen molar-refractivity contribution < 1.29 is 0 Å². The molecule has 0 atom stereocenters. The molecular formula is C19H17N5S. The average Bonchev–Trinajstić information content (AvgIpc) is 3.10. The number of aryl methyl sites for hydroxylation is 1. The van der Waals surface area contributed by atoms with E-state index in [0.29, 0.717) is 0 Å². The molecule has 0 bridgehead atoms. The predicted molar refractivity (Wildman–Crippen MR) is 101 cm³/mol. The summed E-state index contributed by atoms with van der Waals surface area (Å²) in [6.45, 7) is 3.39. The summed E-state index contributed by atoms with van der Waals surface area (Å²) >= 11 is 1.64. The number of rotatable bonds is 5. The Balaban J connectivity index is 1.77. The molecule has 25 heavy (non-hydrogen) atoms. The van der Waals surface area contributed by atoms with Crippen molar-refractivity contribution in [2.75, 3.05) is 4.90 Å². The van der Waals surface area contributed by atoms with Gasteiger partial charge in [-0.3, -0.25) is 9.97 Å². The summed E-state index contributed by atoms with van der Waals surface area (Å²) in [5.74, 6) is 1.74. The molecule has 0 aliphatic rings. The van der Waals surface area contributed by atoms with Gasteiger partial charge in [0.2, 0.25) is 0 Å². The summed E-state index contributed by atoms with van der Waals surface area (Å²) in [5, 5.41) is 3.15. The lowest BCUT2D eigenvalue weighted by molar-refractivity contribution is 0.777. The maximum atomic E-state index is 4.75. The Hall–Kier alpha value is -2.86. The number of fused-ring (bicyclic) bond motifs is 1.